The van der Waals surface area contributed by atoms with Gasteiger partial charge in [-0.25, -0.2) is 4.39 Å². The number of amides is 2. The maximum Gasteiger partial charge on any atom is 0.223 e. The zero-order valence-corrected chi connectivity index (χ0v) is 16.2. The Morgan fingerprint density at radius 3 is 1.82 bits per heavy atom. The number of nitrogens with one attached hydrogen (secondary N) is 2. The summed E-state index contributed by atoms with van der Waals surface area (Å²) in [4.78, 5) is 24.8. The van der Waals surface area contributed by atoms with Crippen LogP contribution < -0.4 is 10.6 Å². The minimum Gasteiger partial charge on any atom is -0.352 e. The van der Waals surface area contributed by atoms with E-state index in [1.807, 2.05) is 31.2 Å². The molecule has 0 saturated heterocycles. The third-order valence-corrected chi connectivity index (χ3v) is 5.59. The minimum absolute atomic E-state index is 0.0420. The van der Waals surface area contributed by atoms with E-state index in [4.69, 9.17) is 0 Å². The Hall–Kier alpha value is -2.69. The molecule has 5 heteroatoms. The maximum atomic E-state index is 13.6. The number of hydrogen-bond donors (Lipinski definition) is 2. The van der Waals surface area contributed by atoms with Crippen LogP contribution in [0.5, 0.6) is 0 Å². The third-order valence-electron chi connectivity index (χ3n) is 5.59. The maximum absolute atomic E-state index is 13.6. The number of carbonyl (C=O) groups is 2. The lowest BCUT2D eigenvalue weighted by Crippen LogP contribution is -2.37. The molecule has 0 spiro atoms. The molecule has 4 nitrogen and oxygen atoms in total. The molecule has 0 aliphatic heterocycles. The highest BCUT2D eigenvalue weighted by Gasteiger charge is 2.29. The van der Waals surface area contributed by atoms with Crippen molar-refractivity contribution in [3.05, 3.63) is 71.0 Å². The van der Waals surface area contributed by atoms with Crippen molar-refractivity contribution >= 4 is 11.8 Å². The molecule has 1 aliphatic rings. The van der Waals surface area contributed by atoms with Crippen LogP contribution in [0.4, 0.5) is 4.39 Å². The molecule has 2 N–H and O–H groups in total. The van der Waals surface area contributed by atoms with Crippen molar-refractivity contribution in [2.24, 2.45) is 11.8 Å². The molecular weight excluding hydrogens is 355 g/mol. The zero-order chi connectivity index (χ0) is 19.9. The molecule has 0 radical (unpaired) electrons. The van der Waals surface area contributed by atoms with Gasteiger partial charge in [0.15, 0.2) is 0 Å². The van der Waals surface area contributed by atoms with Crippen LogP contribution in [0.1, 0.15) is 42.4 Å². The van der Waals surface area contributed by atoms with Crippen molar-refractivity contribution in [1.82, 2.24) is 10.6 Å². The number of hydrogen-bond acceptors (Lipinski definition) is 2. The van der Waals surface area contributed by atoms with E-state index in [2.05, 4.69) is 10.6 Å². The lowest BCUT2D eigenvalue weighted by molar-refractivity contribution is -0.130. The number of benzene rings is 2. The van der Waals surface area contributed by atoms with Gasteiger partial charge in [-0.05, 0) is 49.8 Å². The average Bonchev–Trinajstić information content (AvgIpc) is 2.72. The Morgan fingerprint density at radius 1 is 0.821 bits per heavy atom. The van der Waals surface area contributed by atoms with Crippen molar-refractivity contribution in [2.45, 2.75) is 45.7 Å². The van der Waals surface area contributed by atoms with Crippen LogP contribution in [-0.2, 0) is 22.7 Å². The van der Waals surface area contributed by atoms with Crippen molar-refractivity contribution < 1.29 is 14.0 Å². The summed E-state index contributed by atoms with van der Waals surface area (Å²) in [5.41, 5.74) is 2.77. The fraction of sp³-hybridized carbons (Fsp3) is 0.391. The Labute approximate surface area is 165 Å². The van der Waals surface area contributed by atoms with E-state index in [0.29, 0.717) is 37.8 Å². The summed E-state index contributed by atoms with van der Waals surface area (Å²) >= 11 is 0. The molecule has 2 aromatic carbocycles. The standard InChI is InChI=1S/C23H27FN2O2/c1-16-6-2-3-7-19(16)14-25-22(27)17-10-12-18(13-11-17)23(28)26-15-20-8-4-5-9-21(20)24/h2-9,17-18H,10-15H2,1H3,(H,25,27)(H,26,28). The first-order valence-corrected chi connectivity index (χ1v) is 9.88. The van der Waals surface area contributed by atoms with Crippen molar-refractivity contribution in [1.29, 1.82) is 0 Å². The normalized spacial score (nSPS) is 19.1. The van der Waals surface area contributed by atoms with Gasteiger partial charge < -0.3 is 10.6 Å². The summed E-state index contributed by atoms with van der Waals surface area (Å²) in [5.74, 6) is -0.445. The number of aryl methyl sites for hydroxylation is 1. The second-order valence-electron chi connectivity index (χ2n) is 7.50. The number of halogens is 1. The summed E-state index contributed by atoms with van der Waals surface area (Å²) < 4.78 is 13.6. The van der Waals surface area contributed by atoms with E-state index in [0.717, 1.165) is 11.1 Å². The fourth-order valence-electron chi connectivity index (χ4n) is 3.72. The smallest absolute Gasteiger partial charge is 0.223 e. The SMILES string of the molecule is Cc1ccccc1CNC(=O)C1CCC(C(=O)NCc2ccccc2F)CC1. The highest BCUT2D eigenvalue weighted by atomic mass is 19.1. The Bertz CT molecular complexity index is 759. The van der Waals surface area contributed by atoms with E-state index in [1.165, 1.54) is 6.07 Å². The van der Waals surface area contributed by atoms with E-state index >= 15 is 0 Å². The Balaban J connectivity index is 1.42. The van der Waals surface area contributed by atoms with Crippen LogP contribution in [-0.4, -0.2) is 11.8 Å². The fourth-order valence-corrected chi connectivity index (χ4v) is 3.72. The third kappa shape index (κ3) is 5.18. The molecule has 0 aromatic heterocycles. The Kier molecular flexibility index (Phi) is 6.80. The van der Waals surface area contributed by atoms with Crippen molar-refractivity contribution in [3.8, 4) is 0 Å². The predicted molar refractivity (Wildman–Crippen MR) is 107 cm³/mol. The monoisotopic (exact) mass is 382 g/mol. The van der Waals surface area contributed by atoms with Gasteiger partial charge in [0.1, 0.15) is 5.82 Å². The van der Waals surface area contributed by atoms with Gasteiger partial charge in [0.2, 0.25) is 11.8 Å². The largest absolute Gasteiger partial charge is 0.352 e. The lowest BCUT2D eigenvalue weighted by atomic mass is 9.81. The van der Waals surface area contributed by atoms with E-state index in [-0.39, 0.29) is 36.0 Å². The number of rotatable bonds is 6. The van der Waals surface area contributed by atoms with Gasteiger partial charge >= 0.3 is 0 Å². The second kappa shape index (κ2) is 9.49. The topological polar surface area (TPSA) is 58.2 Å². The van der Waals surface area contributed by atoms with E-state index < -0.39 is 0 Å². The molecule has 148 valence electrons. The molecule has 0 bridgehead atoms. The highest BCUT2D eigenvalue weighted by Crippen LogP contribution is 2.29. The van der Waals surface area contributed by atoms with Gasteiger partial charge in [0.05, 0.1) is 0 Å². The molecule has 2 aromatic rings. The minimum atomic E-state index is -0.308. The van der Waals surface area contributed by atoms with Crippen LogP contribution >= 0.6 is 0 Å². The molecule has 0 unspecified atom stereocenters. The highest BCUT2D eigenvalue weighted by molar-refractivity contribution is 5.81. The van der Waals surface area contributed by atoms with E-state index in [9.17, 15) is 14.0 Å². The molecule has 2 amide bonds. The molecule has 1 fully saturated rings. The second-order valence-corrected chi connectivity index (χ2v) is 7.50. The lowest BCUT2D eigenvalue weighted by Gasteiger charge is -2.27. The average molecular weight is 382 g/mol. The molecule has 0 heterocycles. The van der Waals surface area contributed by atoms with Crippen LogP contribution in [0.2, 0.25) is 0 Å². The van der Waals surface area contributed by atoms with Gasteiger partial charge in [-0.3, -0.25) is 9.59 Å². The first-order valence-electron chi connectivity index (χ1n) is 9.88. The first-order chi connectivity index (χ1) is 13.5. The summed E-state index contributed by atoms with van der Waals surface area (Å²) in [6.07, 6.45) is 2.78. The van der Waals surface area contributed by atoms with Crippen LogP contribution in [0.25, 0.3) is 0 Å². The summed E-state index contributed by atoms with van der Waals surface area (Å²) in [6, 6.07) is 14.5. The van der Waals surface area contributed by atoms with Gasteiger partial charge in [0, 0.05) is 30.5 Å². The molecule has 1 saturated carbocycles. The molecule has 28 heavy (non-hydrogen) atoms. The van der Waals surface area contributed by atoms with Crippen LogP contribution in [0.15, 0.2) is 48.5 Å². The van der Waals surface area contributed by atoms with Gasteiger partial charge in [0.25, 0.3) is 0 Å². The quantitative estimate of drug-likeness (QED) is 0.797. The van der Waals surface area contributed by atoms with Gasteiger partial charge in [-0.2, -0.15) is 0 Å². The van der Waals surface area contributed by atoms with E-state index in [1.54, 1.807) is 18.2 Å². The summed E-state index contributed by atoms with van der Waals surface area (Å²) in [7, 11) is 0. The van der Waals surface area contributed by atoms with Gasteiger partial charge in [-0.1, -0.05) is 42.5 Å². The molecule has 3 rings (SSSR count). The zero-order valence-electron chi connectivity index (χ0n) is 16.2. The Morgan fingerprint density at radius 2 is 1.29 bits per heavy atom. The van der Waals surface area contributed by atoms with Crippen molar-refractivity contribution in [2.75, 3.05) is 0 Å². The molecular formula is C23H27FN2O2. The van der Waals surface area contributed by atoms with Crippen LogP contribution in [0.3, 0.4) is 0 Å². The summed E-state index contributed by atoms with van der Waals surface area (Å²) in [5, 5.41) is 5.85. The number of carbonyl (C=O) groups excluding carboxylic acids is 2. The molecule has 0 atom stereocenters. The predicted octanol–water partition coefficient (Wildman–Crippen LogP) is 3.87. The first kappa shape index (κ1) is 20.1. The molecule has 1 aliphatic carbocycles. The summed E-state index contributed by atoms with van der Waals surface area (Å²) in [6.45, 7) is 2.77. The van der Waals surface area contributed by atoms with Gasteiger partial charge in [-0.15, -0.1) is 0 Å². The van der Waals surface area contributed by atoms with Crippen LogP contribution in [0, 0.1) is 24.6 Å². The van der Waals surface area contributed by atoms with Crippen molar-refractivity contribution in [3.63, 3.8) is 0 Å².